The molecule has 1 fully saturated rings. The van der Waals surface area contributed by atoms with Crippen LogP contribution in [0.15, 0.2) is 4.99 Å². The molecule has 1 rings (SSSR count). The van der Waals surface area contributed by atoms with Gasteiger partial charge < -0.3 is 4.74 Å². The summed E-state index contributed by atoms with van der Waals surface area (Å²) in [5, 5.41) is 2.39. The predicted octanol–water partition coefficient (Wildman–Crippen LogP) is -0.245. The number of ether oxygens (including phenoxy) is 1. The SMILES string of the molecule is CN=C1COC(=O)N1. The van der Waals surface area contributed by atoms with Crippen LogP contribution in [0.3, 0.4) is 0 Å². The molecule has 0 spiro atoms. The third kappa shape index (κ3) is 0.776. The van der Waals surface area contributed by atoms with Gasteiger partial charge in [-0.1, -0.05) is 0 Å². The first-order valence-corrected chi connectivity index (χ1v) is 2.22. The first-order valence-electron chi connectivity index (χ1n) is 2.22. The number of rotatable bonds is 0. The third-order valence-electron chi connectivity index (χ3n) is 0.856. The van der Waals surface area contributed by atoms with Crippen LogP contribution in [0.1, 0.15) is 0 Å². The fraction of sp³-hybridized carbons (Fsp3) is 0.500. The Morgan fingerprint density at radius 3 is 2.88 bits per heavy atom. The second-order valence-corrected chi connectivity index (χ2v) is 1.37. The summed E-state index contributed by atoms with van der Waals surface area (Å²) in [6, 6.07) is 0. The monoisotopic (exact) mass is 114 g/mol. The highest BCUT2D eigenvalue weighted by Crippen LogP contribution is 1.88. The van der Waals surface area contributed by atoms with Gasteiger partial charge in [0, 0.05) is 7.05 Å². The van der Waals surface area contributed by atoms with E-state index in [1.165, 1.54) is 0 Å². The van der Waals surface area contributed by atoms with Crippen LogP contribution in [-0.4, -0.2) is 25.6 Å². The minimum absolute atomic E-state index is 0.287. The number of carbonyl (C=O) groups is 1. The first-order chi connectivity index (χ1) is 3.83. The van der Waals surface area contributed by atoms with E-state index in [2.05, 4.69) is 15.0 Å². The average Bonchev–Trinajstić information content (AvgIpc) is 2.14. The zero-order chi connectivity index (χ0) is 5.98. The van der Waals surface area contributed by atoms with Crippen molar-refractivity contribution >= 4 is 11.9 Å². The fourth-order valence-electron chi connectivity index (χ4n) is 0.444. The van der Waals surface area contributed by atoms with Crippen molar-refractivity contribution in [3.05, 3.63) is 0 Å². The van der Waals surface area contributed by atoms with E-state index < -0.39 is 6.09 Å². The highest BCUT2D eigenvalue weighted by atomic mass is 16.6. The average molecular weight is 114 g/mol. The number of hydrogen-bond acceptors (Lipinski definition) is 3. The molecule has 0 aromatic rings. The minimum Gasteiger partial charge on any atom is -0.441 e. The van der Waals surface area contributed by atoms with Gasteiger partial charge in [-0.05, 0) is 0 Å². The Morgan fingerprint density at radius 1 is 1.88 bits per heavy atom. The van der Waals surface area contributed by atoms with E-state index in [9.17, 15) is 4.79 Å². The molecule has 1 N–H and O–H groups in total. The molecule has 1 aliphatic rings. The molecule has 8 heavy (non-hydrogen) atoms. The molecule has 4 heteroatoms. The van der Waals surface area contributed by atoms with Crippen molar-refractivity contribution in [1.82, 2.24) is 5.32 Å². The molecule has 1 heterocycles. The summed E-state index contributed by atoms with van der Waals surface area (Å²) in [7, 11) is 1.60. The Hall–Kier alpha value is -1.06. The summed E-state index contributed by atoms with van der Waals surface area (Å²) in [5.41, 5.74) is 0. The van der Waals surface area contributed by atoms with Crippen molar-refractivity contribution in [2.24, 2.45) is 4.99 Å². The molecule has 4 nitrogen and oxygen atoms in total. The zero-order valence-electron chi connectivity index (χ0n) is 4.47. The molecule has 0 bridgehead atoms. The molecule has 1 aliphatic heterocycles. The maximum atomic E-state index is 10.2. The summed E-state index contributed by atoms with van der Waals surface area (Å²) in [5.74, 6) is 0.593. The topological polar surface area (TPSA) is 50.7 Å². The van der Waals surface area contributed by atoms with E-state index in [4.69, 9.17) is 0 Å². The summed E-state index contributed by atoms with van der Waals surface area (Å²) < 4.78 is 4.48. The van der Waals surface area contributed by atoms with Gasteiger partial charge in [-0.25, -0.2) is 4.79 Å². The molecule has 44 valence electrons. The lowest BCUT2D eigenvalue weighted by atomic mass is 10.6. The molecule has 0 atom stereocenters. The minimum atomic E-state index is -0.411. The Labute approximate surface area is 46.5 Å². The smallest absolute Gasteiger partial charge is 0.413 e. The molecule has 0 aromatic carbocycles. The summed E-state index contributed by atoms with van der Waals surface area (Å²) in [6.45, 7) is 0.287. The molecular formula is C4H6N2O2. The van der Waals surface area contributed by atoms with Crippen LogP contribution in [-0.2, 0) is 4.74 Å². The largest absolute Gasteiger partial charge is 0.441 e. The van der Waals surface area contributed by atoms with E-state index in [1.807, 2.05) is 0 Å². The second-order valence-electron chi connectivity index (χ2n) is 1.37. The van der Waals surface area contributed by atoms with Crippen molar-refractivity contribution in [3.8, 4) is 0 Å². The van der Waals surface area contributed by atoms with Crippen LogP contribution in [0, 0.1) is 0 Å². The second kappa shape index (κ2) is 1.81. The summed E-state index contributed by atoms with van der Waals surface area (Å²) >= 11 is 0. The van der Waals surface area contributed by atoms with Gasteiger partial charge in [0.2, 0.25) is 0 Å². The van der Waals surface area contributed by atoms with E-state index >= 15 is 0 Å². The van der Waals surface area contributed by atoms with Gasteiger partial charge >= 0.3 is 6.09 Å². The molecular weight excluding hydrogens is 108 g/mol. The lowest BCUT2D eigenvalue weighted by Crippen LogP contribution is -2.19. The zero-order valence-corrected chi connectivity index (χ0v) is 4.47. The number of hydrogen-bond donors (Lipinski definition) is 1. The van der Waals surface area contributed by atoms with Gasteiger partial charge in [0.25, 0.3) is 0 Å². The van der Waals surface area contributed by atoms with Gasteiger partial charge in [-0.2, -0.15) is 0 Å². The number of alkyl carbamates (subject to hydrolysis) is 1. The molecule has 0 aliphatic carbocycles. The molecule has 0 radical (unpaired) electrons. The van der Waals surface area contributed by atoms with Crippen LogP contribution in [0.2, 0.25) is 0 Å². The van der Waals surface area contributed by atoms with Crippen molar-refractivity contribution in [2.75, 3.05) is 13.7 Å². The summed E-state index contributed by atoms with van der Waals surface area (Å²) in [6.07, 6.45) is -0.411. The molecule has 1 amide bonds. The van der Waals surface area contributed by atoms with Gasteiger partial charge in [0.05, 0.1) is 0 Å². The molecule has 1 saturated heterocycles. The quantitative estimate of drug-likeness (QED) is 0.472. The standard InChI is InChI=1S/C4H6N2O2/c1-5-3-2-8-4(7)6-3/h2H2,1H3,(H,5,6,7). The lowest BCUT2D eigenvalue weighted by Gasteiger charge is -1.82. The van der Waals surface area contributed by atoms with Crippen molar-refractivity contribution < 1.29 is 9.53 Å². The number of aliphatic imine (C=N–C) groups is 1. The lowest BCUT2D eigenvalue weighted by molar-refractivity contribution is 0.180. The van der Waals surface area contributed by atoms with Crippen LogP contribution in [0.25, 0.3) is 0 Å². The van der Waals surface area contributed by atoms with Gasteiger partial charge in [0.1, 0.15) is 5.84 Å². The Morgan fingerprint density at radius 2 is 2.62 bits per heavy atom. The fourth-order valence-corrected chi connectivity index (χ4v) is 0.444. The molecule has 0 unspecified atom stereocenters. The van der Waals surface area contributed by atoms with Gasteiger partial charge in [-0.3, -0.25) is 10.3 Å². The van der Waals surface area contributed by atoms with E-state index in [0.717, 1.165) is 0 Å². The number of carbonyl (C=O) groups excluding carboxylic acids is 1. The maximum Gasteiger partial charge on any atom is 0.413 e. The highest BCUT2D eigenvalue weighted by Gasteiger charge is 2.14. The normalized spacial score (nSPS) is 23.1. The molecule has 0 aromatic heterocycles. The predicted molar refractivity (Wildman–Crippen MR) is 27.8 cm³/mol. The van der Waals surface area contributed by atoms with Crippen molar-refractivity contribution in [2.45, 2.75) is 0 Å². The first kappa shape index (κ1) is 5.08. The van der Waals surface area contributed by atoms with Crippen LogP contribution in [0.4, 0.5) is 4.79 Å². The van der Waals surface area contributed by atoms with Gasteiger partial charge in [-0.15, -0.1) is 0 Å². The maximum absolute atomic E-state index is 10.2. The highest BCUT2D eigenvalue weighted by molar-refractivity contribution is 6.00. The Bertz CT molecular complexity index is 141. The van der Waals surface area contributed by atoms with Crippen molar-refractivity contribution in [3.63, 3.8) is 0 Å². The number of cyclic esters (lactones) is 1. The number of amides is 1. The Balaban J connectivity index is 2.56. The Kier molecular flexibility index (Phi) is 1.15. The molecule has 0 saturated carbocycles. The van der Waals surface area contributed by atoms with Crippen molar-refractivity contribution in [1.29, 1.82) is 0 Å². The van der Waals surface area contributed by atoms with E-state index in [1.54, 1.807) is 7.05 Å². The summed E-state index contributed by atoms with van der Waals surface area (Å²) in [4.78, 5) is 13.9. The van der Waals surface area contributed by atoms with E-state index in [0.29, 0.717) is 5.84 Å². The van der Waals surface area contributed by atoms with Crippen LogP contribution >= 0.6 is 0 Å². The van der Waals surface area contributed by atoms with Crippen LogP contribution in [0.5, 0.6) is 0 Å². The van der Waals surface area contributed by atoms with Crippen LogP contribution < -0.4 is 5.32 Å². The van der Waals surface area contributed by atoms with E-state index in [-0.39, 0.29) is 6.61 Å². The number of nitrogens with zero attached hydrogens (tertiary/aromatic N) is 1. The third-order valence-corrected chi connectivity index (χ3v) is 0.856. The number of amidine groups is 1. The number of nitrogens with one attached hydrogen (secondary N) is 1. The van der Waals surface area contributed by atoms with Gasteiger partial charge in [0.15, 0.2) is 6.61 Å².